The van der Waals surface area contributed by atoms with E-state index in [1.54, 1.807) is 12.1 Å². The predicted octanol–water partition coefficient (Wildman–Crippen LogP) is 2.19. The van der Waals surface area contributed by atoms with Crippen LogP contribution in [0.15, 0.2) is 12.1 Å². The van der Waals surface area contributed by atoms with E-state index < -0.39 is 5.38 Å². The minimum absolute atomic E-state index is 0.461. The van der Waals surface area contributed by atoms with Gasteiger partial charge in [-0.25, -0.2) is 0 Å². The van der Waals surface area contributed by atoms with Gasteiger partial charge in [0, 0.05) is 12.1 Å². The highest BCUT2D eigenvalue weighted by atomic mass is 35.5. The van der Waals surface area contributed by atoms with Gasteiger partial charge < -0.3 is 19.0 Å². The summed E-state index contributed by atoms with van der Waals surface area (Å²) in [5.41, 5.74) is 0.502. The second kappa shape index (κ2) is 5.61. The maximum Gasteiger partial charge on any atom is 0.142 e. The molecular formula is C11H13ClO4. The molecule has 1 atom stereocenters. The van der Waals surface area contributed by atoms with Crippen LogP contribution in [0.3, 0.4) is 0 Å². The lowest BCUT2D eigenvalue weighted by Crippen LogP contribution is -2.01. The SMILES string of the molecule is COc1cc(OC)c(C(Cl)C=O)c(OC)c1. The number of benzene rings is 1. The van der Waals surface area contributed by atoms with Crippen LogP contribution in [-0.2, 0) is 4.79 Å². The van der Waals surface area contributed by atoms with Gasteiger partial charge in [0.05, 0.1) is 26.9 Å². The van der Waals surface area contributed by atoms with Crippen molar-refractivity contribution in [1.29, 1.82) is 0 Å². The molecule has 16 heavy (non-hydrogen) atoms. The number of hydrogen-bond donors (Lipinski definition) is 0. The summed E-state index contributed by atoms with van der Waals surface area (Å²) in [5, 5.41) is -0.809. The number of rotatable bonds is 5. The average molecular weight is 245 g/mol. The van der Waals surface area contributed by atoms with Gasteiger partial charge in [0.25, 0.3) is 0 Å². The Morgan fingerprint density at radius 1 is 1.12 bits per heavy atom. The van der Waals surface area contributed by atoms with E-state index in [1.807, 2.05) is 0 Å². The zero-order valence-electron chi connectivity index (χ0n) is 9.32. The van der Waals surface area contributed by atoms with Crippen LogP contribution in [0.1, 0.15) is 10.9 Å². The third-order valence-corrected chi connectivity index (χ3v) is 2.47. The summed E-state index contributed by atoms with van der Waals surface area (Å²) in [6.07, 6.45) is 0.619. The standard InChI is InChI=1S/C11H13ClO4/c1-14-7-4-9(15-2)11(8(12)6-13)10(5-7)16-3/h4-6,8H,1-3H3. The first-order chi connectivity index (χ1) is 7.67. The molecule has 0 saturated heterocycles. The molecule has 0 aliphatic heterocycles. The smallest absolute Gasteiger partial charge is 0.142 e. The molecule has 1 rings (SSSR count). The highest BCUT2D eigenvalue weighted by Gasteiger charge is 2.20. The number of alkyl halides is 1. The second-order valence-corrected chi connectivity index (χ2v) is 3.45. The molecule has 0 N–H and O–H groups in total. The molecule has 0 amide bonds. The van der Waals surface area contributed by atoms with Crippen molar-refractivity contribution in [1.82, 2.24) is 0 Å². The van der Waals surface area contributed by atoms with E-state index in [0.29, 0.717) is 29.1 Å². The first-order valence-electron chi connectivity index (χ1n) is 4.57. The molecule has 1 unspecified atom stereocenters. The van der Waals surface area contributed by atoms with Crippen LogP contribution in [0.5, 0.6) is 17.2 Å². The molecule has 88 valence electrons. The molecule has 0 saturated carbocycles. The van der Waals surface area contributed by atoms with Gasteiger partial charge in [-0.1, -0.05) is 0 Å². The summed E-state index contributed by atoms with van der Waals surface area (Å²) < 4.78 is 15.4. The number of carbonyl (C=O) groups excluding carboxylic acids is 1. The maximum atomic E-state index is 10.7. The number of hydrogen-bond acceptors (Lipinski definition) is 4. The Kier molecular flexibility index (Phi) is 4.43. The van der Waals surface area contributed by atoms with E-state index in [1.165, 1.54) is 21.3 Å². The molecule has 1 aromatic rings. The molecule has 0 aromatic heterocycles. The minimum atomic E-state index is -0.809. The van der Waals surface area contributed by atoms with Crippen molar-refractivity contribution in [2.75, 3.05) is 21.3 Å². The third kappa shape index (κ3) is 2.39. The molecule has 0 fully saturated rings. The van der Waals surface area contributed by atoms with E-state index in [9.17, 15) is 4.79 Å². The van der Waals surface area contributed by atoms with Crippen molar-refractivity contribution >= 4 is 17.9 Å². The number of methoxy groups -OCH3 is 3. The summed E-state index contributed by atoms with van der Waals surface area (Å²) in [7, 11) is 4.52. The molecule has 4 nitrogen and oxygen atoms in total. The molecule has 0 radical (unpaired) electrons. The van der Waals surface area contributed by atoms with E-state index in [4.69, 9.17) is 25.8 Å². The summed E-state index contributed by atoms with van der Waals surface area (Å²) in [6.45, 7) is 0. The van der Waals surface area contributed by atoms with Crippen molar-refractivity contribution < 1.29 is 19.0 Å². The van der Waals surface area contributed by atoms with Crippen LogP contribution in [-0.4, -0.2) is 27.6 Å². The lowest BCUT2D eigenvalue weighted by molar-refractivity contribution is -0.107. The molecule has 0 spiro atoms. The van der Waals surface area contributed by atoms with Gasteiger partial charge in [0.15, 0.2) is 0 Å². The van der Waals surface area contributed by atoms with Gasteiger partial charge >= 0.3 is 0 Å². The second-order valence-electron chi connectivity index (χ2n) is 2.98. The minimum Gasteiger partial charge on any atom is -0.496 e. The van der Waals surface area contributed by atoms with E-state index >= 15 is 0 Å². The molecular weight excluding hydrogens is 232 g/mol. The first kappa shape index (κ1) is 12.6. The molecule has 0 aliphatic carbocycles. The van der Waals surface area contributed by atoms with Crippen molar-refractivity contribution in [3.8, 4) is 17.2 Å². The summed E-state index contributed by atoms with van der Waals surface area (Å²) >= 11 is 5.89. The number of aldehydes is 1. The number of halogens is 1. The monoisotopic (exact) mass is 244 g/mol. The van der Waals surface area contributed by atoms with Crippen LogP contribution in [0.4, 0.5) is 0 Å². The Hall–Kier alpha value is -1.42. The summed E-state index contributed by atoms with van der Waals surface area (Å²) in [5.74, 6) is 1.50. The van der Waals surface area contributed by atoms with Crippen LogP contribution >= 0.6 is 11.6 Å². The quantitative estimate of drug-likeness (QED) is 0.588. The summed E-state index contributed by atoms with van der Waals surface area (Å²) in [4.78, 5) is 10.7. The molecule has 5 heteroatoms. The van der Waals surface area contributed by atoms with Gasteiger partial charge in [-0.2, -0.15) is 0 Å². The lowest BCUT2D eigenvalue weighted by Gasteiger charge is -2.15. The molecule has 0 aliphatic rings. The van der Waals surface area contributed by atoms with E-state index in [0.717, 1.165) is 0 Å². The van der Waals surface area contributed by atoms with Crippen LogP contribution in [0.25, 0.3) is 0 Å². The Morgan fingerprint density at radius 3 is 1.94 bits per heavy atom. The Labute approximate surface area is 99.1 Å². The zero-order chi connectivity index (χ0) is 12.1. The van der Waals surface area contributed by atoms with E-state index in [-0.39, 0.29) is 0 Å². The molecule has 1 aromatic carbocycles. The normalized spacial score (nSPS) is 11.8. The largest absolute Gasteiger partial charge is 0.496 e. The number of ether oxygens (including phenoxy) is 3. The number of carbonyl (C=O) groups is 1. The summed E-state index contributed by atoms with van der Waals surface area (Å²) in [6, 6.07) is 3.30. The van der Waals surface area contributed by atoms with Crippen molar-refractivity contribution in [2.45, 2.75) is 5.38 Å². The van der Waals surface area contributed by atoms with Crippen molar-refractivity contribution in [3.05, 3.63) is 17.7 Å². The van der Waals surface area contributed by atoms with Gasteiger partial charge in [0.1, 0.15) is 28.9 Å². The predicted molar refractivity (Wildman–Crippen MR) is 60.8 cm³/mol. The van der Waals surface area contributed by atoms with Crippen LogP contribution in [0, 0.1) is 0 Å². The van der Waals surface area contributed by atoms with Gasteiger partial charge in [0.2, 0.25) is 0 Å². The third-order valence-electron chi connectivity index (χ3n) is 2.15. The highest BCUT2D eigenvalue weighted by molar-refractivity contribution is 6.28. The van der Waals surface area contributed by atoms with Crippen LogP contribution < -0.4 is 14.2 Å². The maximum absolute atomic E-state index is 10.7. The van der Waals surface area contributed by atoms with Crippen molar-refractivity contribution in [2.24, 2.45) is 0 Å². The highest BCUT2D eigenvalue weighted by Crippen LogP contribution is 2.39. The fourth-order valence-corrected chi connectivity index (χ4v) is 1.59. The molecule has 0 bridgehead atoms. The van der Waals surface area contributed by atoms with Gasteiger partial charge in [-0.3, -0.25) is 0 Å². The van der Waals surface area contributed by atoms with Gasteiger partial charge in [-0.05, 0) is 0 Å². The van der Waals surface area contributed by atoms with Crippen molar-refractivity contribution in [3.63, 3.8) is 0 Å². The lowest BCUT2D eigenvalue weighted by atomic mass is 10.1. The molecule has 0 heterocycles. The van der Waals surface area contributed by atoms with E-state index in [2.05, 4.69) is 0 Å². The zero-order valence-corrected chi connectivity index (χ0v) is 10.1. The topological polar surface area (TPSA) is 44.8 Å². The van der Waals surface area contributed by atoms with Crippen LogP contribution in [0.2, 0.25) is 0 Å². The van der Waals surface area contributed by atoms with Gasteiger partial charge in [-0.15, -0.1) is 11.6 Å². The Bertz CT molecular complexity index is 353. The fourth-order valence-electron chi connectivity index (χ4n) is 1.37. The Balaban J connectivity index is 3.36. The Morgan fingerprint density at radius 2 is 1.62 bits per heavy atom. The first-order valence-corrected chi connectivity index (χ1v) is 5.00. The average Bonchev–Trinajstić information content (AvgIpc) is 2.35. The fraction of sp³-hybridized carbons (Fsp3) is 0.364.